The average Bonchev–Trinajstić information content (AvgIpc) is 2.54. The molecule has 4 nitrogen and oxygen atoms in total. The lowest BCUT2D eigenvalue weighted by molar-refractivity contribution is 0.0963. The van der Waals surface area contributed by atoms with E-state index in [4.69, 9.17) is 16.0 Å². The van der Waals surface area contributed by atoms with Gasteiger partial charge in [-0.3, -0.25) is 4.79 Å². The van der Waals surface area contributed by atoms with Gasteiger partial charge in [0.05, 0.1) is 21.9 Å². The number of halogens is 1. The summed E-state index contributed by atoms with van der Waals surface area (Å²) in [5.74, 6) is -1.46. The molecule has 0 aliphatic heterocycles. The van der Waals surface area contributed by atoms with Crippen LogP contribution in [0.3, 0.4) is 0 Å². The standard InChI is InChI=1S/C19H15ClO4/c1-10-7-8-12(14(20)9-10)17(21)11(2)16-18(22)13-5-3-4-6-15(13)24-19(16)23/h3-9,11,22H,1-2H3. The van der Waals surface area contributed by atoms with Crippen molar-refractivity contribution in [1.82, 2.24) is 0 Å². The minimum absolute atomic E-state index is 0.0599. The smallest absolute Gasteiger partial charge is 0.343 e. The third-order valence-corrected chi connectivity index (χ3v) is 4.35. The normalized spacial score (nSPS) is 12.3. The van der Waals surface area contributed by atoms with E-state index in [1.165, 1.54) is 0 Å². The number of para-hydroxylation sites is 1. The van der Waals surface area contributed by atoms with Crippen molar-refractivity contribution in [3.05, 3.63) is 74.6 Å². The Labute approximate surface area is 143 Å². The maximum atomic E-state index is 12.7. The topological polar surface area (TPSA) is 67.5 Å². The average molecular weight is 343 g/mol. The molecular weight excluding hydrogens is 328 g/mol. The molecule has 0 radical (unpaired) electrons. The molecule has 24 heavy (non-hydrogen) atoms. The highest BCUT2D eigenvalue weighted by Gasteiger charge is 2.27. The molecule has 2 aromatic carbocycles. The molecule has 0 spiro atoms. The highest BCUT2D eigenvalue weighted by atomic mass is 35.5. The Kier molecular flexibility index (Phi) is 4.16. The fraction of sp³-hybridized carbons (Fsp3) is 0.158. The van der Waals surface area contributed by atoms with E-state index in [1.807, 2.05) is 6.92 Å². The van der Waals surface area contributed by atoms with Gasteiger partial charge in [0.25, 0.3) is 0 Å². The highest BCUT2D eigenvalue weighted by molar-refractivity contribution is 6.34. The summed E-state index contributed by atoms with van der Waals surface area (Å²) in [6.45, 7) is 3.42. The maximum absolute atomic E-state index is 12.7. The first-order valence-corrected chi connectivity index (χ1v) is 7.83. The summed E-state index contributed by atoms with van der Waals surface area (Å²) in [7, 11) is 0. The number of carbonyl (C=O) groups excluding carboxylic acids is 1. The molecule has 1 unspecified atom stereocenters. The molecule has 1 N–H and O–H groups in total. The van der Waals surface area contributed by atoms with E-state index < -0.39 is 11.5 Å². The SMILES string of the molecule is Cc1ccc(C(=O)C(C)c2c(O)c3ccccc3oc2=O)c(Cl)c1. The summed E-state index contributed by atoms with van der Waals surface area (Å²) in [5, 5.41) is 11.2. The quantitative estimate of drug-likeness (QED) is 0.564. The summed E-state index contributed by atoms with van der Waals surface area (Å²) < 4.78 is 5.23. The number of ketones is 1. The van der Waals surface area contributed by atoms with Gasteiger partial charge in [-0.15, -0.1) is 0 Å². The number of rotatable bonds is 3. The lowest BCUT2D eigenvalue weighted by Gasteiger charge is -2.13. The second kappa shape index (κ2) is 6.13. The van der Waals surface area contributed by atoms with Crippen LogP contribution in [-0.4, -0.2) is 10.9 Å². The lowest BCUT2D eigenvalue weighted by Crippen LogP contribution is -2.18. The van der Waals surface area contributed by atoms with E-state index in [2.05, 4.69) is 0 Å². The van der Waals surface area contributed by atoms with E-state index in [-0.39, 0.29) is 22.7 Å². The monoisotopic (exact) mass is 342 g/mol. The Morgan fingerprint density at radius 3 is 2.62 bits per heavy atom. The summed E-state index contributed by atoms with van der Waals surface area (Å²) in [6.07, 6.45) is 0. The molecular formula is C19H15ClO4. The maximum Gasteiger partial charge on any atom is 0.343 e. The Balaban J connectivity index is 2.13. The van der Waals surface area contributed by atoms with Gasteiger partial charge < -0.3 is 9.52 Å². The van der Waals surface area contributed by atoms with Crippen molar-refractivity contribution in [1.29, 1.82) is 0 Å². The predicted molar refractivity (Wildman–Crippen MR) is 93.1 cm³/mol. The zero-order chi connectivity index (χ0) is 17.4. The first kappa shape index (κ1) is 16.3. The van der Waals surface area contributed by atoms with E-state index in [9.17, 15) is 14.7 Å². The Bertz CT molecular complexity index is 1000. The van der Waals surface area contributed by atoms with Gasteiger partial charge in [-0.05, 0) is 36.8 Å². The molecule has 0 amide bonds. The number of hydrogen-bond acceptors (Lipinski definition) is 4. The molecule has 3 aromatic rings. The minimum atomic E-state index is -0.883. The van der Waals surface area contributed by atoms with Gasteiger partial charge in [-0.2, -0.15) is 0 Å². The highest BCUT2D eigenvalue weighted by Crippen LogP contribution is 2.33. The van der Waals surface area contributed by atoms with Gasteiger partial charge in [-0.25, -0.2) is 4.79 Å². The molecule has 122 valence electrons. The third-order valence-electron chi connectivity index (χ3n) is 4.04. The minimum Gasteiger partial charge on any atom is -0.507 e. The van der Waals surface area contributed by atoms with Crippen molar-refractivity contribution in [2.75, 3.05) is 0 Å². The number of benzene rings is 2. The molecule has 0 aliphatic rings. The van der Waals surface area contributed by atoms with Crippen molar-refractivity contribution in [3.8, 4) is 5.75 Å². The first-order chi connectivity index (χ1) is 11.4. The molecule has 0 bridgehead atoms. The van der Waals surface area contributed by atoms with Gasteiger partial charge in [0, 0.05) is 5.56 Å². The van der Waals surface area contributed by atoms with Crippen LogP contribution in [0.2, 0.25) is 5.02 Å². The van der Waals surface area contributed by atoms with Crippen molar-refractivity contribution < 1.29 is 14.3 Å². The van der Waals surface area contributed by atoms with Gasteiger partial charge >= 0.3 is 5.63 Å². The molecule has 3 rings (SSSR count). The Morgan fingerprint density at radius 1 is 1.21 bits per heavy atom. The zero-order valence-corrected chi connectivity index (χ0v) is 13.9. The largest absolute Gasteiger partial charge is 0.507 e. The molecule has 0 saturated carbocycles. The summed E-state index contributed by atoms with van der Waals surface area (Å²) in [5.41, 5.74) is 0.724. The number of hydrogen-bond donors (Lipinski definition) is 1. The molecule has 0 saturated heterocycles. The fourth-order valence-corrected chi connectivity index (χ4v) is 3.04. The van der Waals surface area contributed by atoms with E-state index >= 15 is 0 Å². The molecule has 0 aliphatic carbocycles. The molecule has 0 fully saturated rings. The van der Waals surface area contributed by atoms with Crippen LogP contribution in [0.25, 0.3) is 11.0 Å². The van der Waals surface area contributed by atoms with Crippen LogP contribution in [0, 0.1) is 6.92 Å². The van der Waals surface area contributed by atoms with Crippen LogP contribution >= 0.6 is 11.6 Å². The van der Waals surface area contributed by atoms with Gasteiger partial charge in [0.1, 0.15) is 11.3 Å². The van der Waals surface area contributed by atoms with Gasteiger partial charge in [-0.1, -0.05) is 36.7 Å². The summed E-state index contributed by atoms with van der Waals surface area (Å²) in [4.78, 5) is 25.0. The van der Waals surface area contributed by atoms with E-state index in [0.717, 1.165) is 5.56 Å². The molecule has 1 aromatic heterocycles. The van der Waals surface area contributed by atoms with Crippen LogP contribution in [0.5, 0.6) is 5.75 Å². The van der Waals surface area contributed by atoms with E-state index in [0.29, 0.717) is 16.0 Å². The van der Waals surface area contributed by atoms with Crippen LogP contribution in [0.4, 0.5) is 0 Å². The first-order valence-electron chi connectivity index (χ1n) is 7.45. The van der Waals surface area contributed by atoms with Crippen LogP contribution in [0.1, 0.15) is 34.3 Å². The van der Waals surface area contributed by atoms with Crippen molar-refractivity contribution in [2.24, 2.45) is 0 Å². The molecule has 1 heterocycles. The second-order valence-electron chi connectivity index (χ2n) is 5.72. The number of Topliss-reactive ketones (excluding diaryl/α,β-unsaturated/α-hetero) is 1. The summed E-state index contributed by atoms with van der Waals surface area (Å²) >= 11 is 6.15. The Hall–Kier alpha value is -2.59. The van der Waals surface area contributed by atoms with Crippen LogP contribution in [-0.2, 0) is 0 Å². The molecule has 1 atom stereocenters. The van der Waals surface area contributed by atoms with Crippen molar-refractivity contribution in [3.63, 3.8) is 0 Å². The number of carbonyl (C=O) groups is 1. The third kappa shape index (κ3) is 2.69. The van der Waals surface area contributed by atoms with Crippen molar-refractivity contribution in [2.45, 2.75) is 19.8 Å². The van der Waals surface area contributed by atoms with Crippen LogP contribution in [0.15, 0.2) is 51.7 Å². The summed E-state index contributed by atoms with van der Waals surface area (Å²) in [6, 6.07) is 11.7. The van der Waals surface area contributed by atoms with Crippen molar-refractivity contribution >= 4 is 28.4 Å². The predicted octanol–water partition coefficient (Wildman–Crippen LogP) is 4.45. The van der Waals surface area contributed by atoms with Crippen LogP contribution < -0.4 is 5.63 Å². The molecule has 5 heteroatoms. The number of aryl methyl sites for hydroxylation is 1. The van der Waals surface area contributed by atoms with E-state index in [1.54, 1.807) is 49.4 Å². The second-order valence-corrected chi connectivity index (χ2v) is 6.12. The lowest BCUT2D eigenvalue weighted by atomic mass is 9.91. The van der Waals surface area contributed by atoms with Gasteiger partial charge in [0.15, 0.2) is 5.78 Å². The fourth-order valence-electron chi connectivity index (χ4n) is 2.71. The number of fused-ring (bicyclic) bond motifs is 1. The van der Waals surface area contributed by atoms with Gasteiger partial charge in [0.2, 0.25) is 0 Å². The zero-order valence-electron chi connectivity index (χ0n) is 13.2. The Morgan fingerprint density at radius 2 is 1.92 bits per heavy atom. The number of aromatic hydroxyl groups is 1.